The van der Waals surface area contributed by atoms with E-state index in [-0.39, 0.29) is 12.0 Å². The van der Waals surface area contributed by atoms with Gasteiger partial charge >= 0.3 is 0 Å². The molecule has 0 saturated heterocycles. The largest absolute Gasteiger partial charge is 0.386 e. The van der Waals surface area contributed by atoms with Gasteiger partial charge in [-0.15, -0.1) is 11.3 Å². The van der Waals surface area contributed by atoms with Crippen LogP contribution in [0.5, 0.6) is 0 Å². The highest BCUT2D eigenvalue weighted by Gasteiger charge is 2.21. The SMILES string of the molecule is CC(C)[C@H](N)[C@H](O)c1ccc(Cl)s1. The molecule has 0 aromatic carbocycles. The molecule has 0 fully saturated rings. The quantitative estimate of drug-likeness (QED) is 0.820. The van der Waals surface area contributed by atoms with Crippen LogP contribution in [0.4, 0.5) is 0 Å². The molecular weight excluding hydrogens is 206 g/mol. The van der Waals surface area contributed by atoms with Crippen molar-refractivity contribution in [1.82, 2.24) is 0 Å². The fraction of sp³-hybridized carbons (Fsp3) is 0.556. The Balaban J connectivity index is 2.73. The van der Waals surface area contributed by atoms with Crippen LogP contribution < -0.4 is 5.73 Å². The van der Waals surface area contributed by atoms with E-state index in [9.17, 15) is 5.11 Å². The van der Waals surface area contributed by atoms with Gasteiger partial charge in [0.15, 0.2) is 0 Å². The molecule has 2 atom stereocenters. The summed E-state index contributed by atoms with van der Waals surface area (Å²) in [5.41, 5.74) is 5.81. The number of rotatable bonds is 3. The summed E-state index contributed by atoms with van der Waals surface area (Å²) in [6, 6.07) is 3.37. The zero-order chi connectivity index (χ0) is 10.0. The van der Waals surface area contributed by atoms with Crippen molar-refractivity contribution in [1.29, 1.82) is 0 Å². The van der Waals surface area contributed by atoms with Crippen molar-refractivity contribution in [3.8, 4) is 0 Å². The summed E-state index contributed by atoms with van der Waals surface area (Å²) in [6.45, 7) is 3.98. The van der Waals surface area contributed by atoms with Gasteiger partial charge in [0.25, 0.3) is 0 Å². The first-order chi connectivity index (χ1) is 6.02. The summed E-state index contributed by atoms with van der Waals surface area (Å²) < 4.78 is 0.685. The lowest BCUT2D eigenvalue weighted by Gasteiger charge is -2.20. The summed E-state index contributed by atoms with van der Waals surface area (Å²) in [5, 5.41) is 9.80. The second kappa shape index (κ2) is 4.42. The zero-order valence-corrected chi connectivity index (χ0v) is 9.27. The lowest BCUT2D eigenvalue weighted by molar-refractivity contribution is 0.129. The Kier molecular flexibility index (Phi) is 3.74. The topological polar surface area (TPSA) is 46.2 Å². The van der Waals surface area contributed by atoms with Gasteiger partial charge in [-0.05, 0) is 18.1 Å². The normalized spacial score (nSPS) is 16.2. The minimum Gasteiger partial charge on any atom is -0.386 e. The summed E-state index contributed by atoms with van der Waals surface area (Å²) in [6.07, 6.45) is -0.600. The highest BCUT2D eigenvalue weighted by Crippen LogP contribution is 2.29. The van der Waals surface area contributed by atoms with E-state index in [1.165, 1.54) is 11.3 Å². The third-order valence-corrected chi connectivity index (χ3v) is 3.32. The lowest BCUT2D eigenvalue weighted by atomic mass is 9.99. The molecule has 0 aliphatic carbocycles. The lowest BCUT2D eigenvalue weighted by Crippen LogP contribution is -2.33. The van der Waals surface area contributed by atoms with E-state index in [0.717, 1.165) is 4.88 Å². The molecule has 0 radical (unpaired) electrons. The minimum absolute atomic E-state index is 0.227. The smallest absolute Gasteiger partial charge is 0.103 e. The molecule has 74 valence electrons. The summed E-state index contributed by atoms with van der Waals surface area (Å²) in [4.78, 5) is 0.839. The standard InChI is InChI=1S/C9H14ClNOS/c1-5(2)8(11)9(12)6-3-4-7(10)13-6/h3-5,8-9,12H,11H2,1-2H3/t8-,9+/m0/s1. The van der Waals surface area contributed by atoms with Gasteiger partial charge in [-0.3, -0.25) is 0 Å². The van der Waals surface area contributed by atoms with Gasteiger partial charge in [0, 0.05) is 10.9 Å². The van der Waals surface area contributed by atoms with E-state index in [2.05, 4.69) is 0 Å². The van der Waals surface area contributed by atoms with Crippen LogP contribution in [0.25, 0.3) is 0 Å². The van der Waals surface area contributed by atoms with E-state index < -0.39 is 6.10 Å². The molecule has 13 heavy (non-hydrogen) atoms. The molecule has 0 bridgehead atoms. The maximum atomic E-state index is 9.80. The van der Waals surface area contributed by atoms with Gasteiger partial charge in [0.05, 0.1) is 4.34 Å². The van der Waals surface area contributed by atoms with Crippen LogP contribution in [-0.2, 0) is 0 Å². The maximum Gasteiger partial charge on any atom is 0.103 e. The number of hydrogen-bond donors (Lipinski definition) is 2. The van der Waals surface area contributed by atoms with E-state index >= 15 is 0 Å². The molecule has 1 aromatic heterocycles. The predicted molar refractivity (Wildman–Crippen MR) is 57.1 cm³/mol. The second-order valence-electron chi connectivity index (χ2n) is 3.41. The predicted octanol–water partition coefficient (Wildman–Crippen LogP) is 2.42. The van der Waals surface area contributed by atoms with E-state index in [0.29, 0.717) is 4.34 Å². The van der Waals surface area contributed by atoms with Gasteiger partial charge in [-0.1, -0.05) is 25.4 Å². The van der Waals surface area contributed by atoms with Crippen molar-refractivity contribution in [3.63, 3.8) is 0 Å². The third-order valence-electron chi connectivity index (χ3n) is 2.02. The minimum atomic E-state index is -0.600. The molecule has 0 spiro atoms. The van der Waals surface area contributed by atoms with E-state index in [1.54, 1.807) is 6.07 Å². The zero-order valence-electron chi connectivity index (χ0n) is 7.70. The van der Waals surface area contributed by atoms with Crippen molar-refractivity contribution in [2.45, 2.75) is 26.0 Å². The van der Waals surface area contributed by atoms with Crippen molar-refractivity contribution in [3.05, 3.63) is 21.3 Å². The van der Waals surface area contributed by atoms with E-state index in [1.807, 2.05) is 19.9 Å². The second-order valence-corrected chi connectivity index (χ2v) is 5.15. The molecule has 2 nitrogen and oxygen atoms in total. The molecule has 0 amide bonds. The average molecular weight is 220 g/mol. The first-order valence-electron chi connectivity index (χ1n) is 4.21. The van der Waals surface area contributed by atoms with E-state index in [4.69, 9.17) is 17.3 Å². The van der Waals surface area contributed by atoms with Gasteiger partial charge in [0.2, 0.25) is 0 Å². The van der Waals surface area contributed by atoms with Gasteiger partial charge in [-0.2, -0.15) is 0 Å². The van der Waals surface area contributed by atoms with Crippen LogP contribution in [0.1, 0.15) is 24.8 Å². The Labute approximate surface area is 87.3 Å². The van der Waals surface area contributed by atoms with Crippen LogP contribution in [-0.4, -0.2) is 11.1 Å². The van der Waals surface area contributed by atoms with Crippen molar-refractivity contribution < 1.29 is 5.11 Å². The molecule has 4 heteroatoms. The number of nitrogens with two attached hydrogens (primary N) is 1. The fourth-order valence-electron chi connectivity index (χ4n) is 1.04. The Morgan fingerprint density at radius 2 is 2.08 bits per heavy atom. The Bertz CT molecular complexity index is 274. The number of halogens is 1. The fourth-order valence-corrected chi connectivity index (χ4v) is 2.15. The highest BCUT2D eigenvalue weighted by molar-refractivity contribution is 7.16. The summed E-state index contributed by atoms with van der Waals surface area (Å²) >= 11 is 7.13. The molecule has 1 aromatic rings. The van der Waals surface area contributed by atoms with Crippen LogP contribution in [0.3, 0.4) is 0 Å². The monoisotopic (exact) mass is 219 g/mol. The Morgan fingerprint density at radius 3 is 2.46 bits per heavy atom. The molecule has 0 unspecified atom stereocenters. The van der Waals surface area contributed by atoms with Gasteiger partial charge in [-0.25, -0.2) is 0 Å². The number of thiophene rings is 1. The van der Waals surface area contributed by atoms with Gasteiger partial charge in [0.1, 0.15) is 6.10 Å². The Morgan fingerprint density at radius 1 is 1.46 bits per heavy atom. The highest BCUT2D eigenvalue weighted by atomic mass is 35.5. The first-order valence-corrected chi connectivity index (χ1v) is 5.40. The van der Waals surface area contributed by atoms with Crippen LogP contribution in [0.2, 0.25) is 4.34 Å². The molecular formula is C9H14ClNOS. The molecule has 0 aliphatic heterocycles. The van der Waals surface area contributed by atoms with Crippen LogP contribution in [0.15, 0.2) is 12.1 Å². The molecule has 0 aliphatic rings. The molecule has 1 heterocycles. The van der Waals surface area contributed by atoms with Crippen LogP contribution in [0, 0.1) is 5.92 Å². The molecule has 0 saturated carbocycles. The van der Waals surface area contributed by atoms with Gasteiger partial charge < -0.3 is 10.8 Å². The average Bonchev–Trinajstić information content (AvgIpc) is 2.49. The number of aliphatic hydroxyl groups excluding tert-OH is 1. The summed E-state index contributed by atoms with van der Waals surface area (Å²) in [5.74, 6) is 0.260. The number of aliphatic hydroxyl groups is 1. The van der Waals surface area contributed by atoms with Crippen LogP contribution >= 0.6 is 22.9 Å². The van der Waals surface area contributed by atoms with Crippen molar-refractivity contribution in [2.75, 3.05) is 0 Å². The van der Waals surface area contributed by atoms with Crippen molar-refractivity contribution >= 4 is 22.9 Å². The Hall–Kier alpha value is -0.0900. The number of hydrogen-bond acceptors (Lipinski definition) is 3. The first kappa shape index (κ1) is 11.0. The maximum absolute atomic E-state index is 9.80. The summed E-state index contributed by atoms with van der Waals surface area (Å²) in [7, 11) is 0. The molecule has 3 N–H and O–H groups in total. The molecule has 1 rings (SSSR count). The van der Waals surface area contributed by atoms with Crippen molar-refractivity contribution in [2.24, 2.45) is 11.7 Å². The third kappa shape index (κ3) is 2.68.